The van der Waals surface area contributed by atoms with Gasteiger partial charge in [-0.3, -0.25) is 0 Å². The molecule has 0 saturated heterocycles. The van der Waals surface area contributed by atoms with Crippen molar-refractivity contribution in [1.82, 2.24) is 4.57 Å². The Kier molecular flexibility index (Phi) is 2.85. The molecule has 1 aromatic carbocycles. The lowest BCUT2D eigenvalue weighted by atomic mass is 10.1. The van der Waals surface area contributed by atoms with Crippen LogP contribution in [0.5, 0.6) is 5.75 Å². The van der Waals surface area contributed by atoms with Gasteiger partial charge in [0.05, 0.1) is 18.7 Å². The fourth-order valence-corrected chi connectivity index (χ4v) is 1.91. The van der Waals surface area contributed by atoms with Crippen LogP contribution in [0.25, 0.3) is 10.9 Å². The van der Waals surface area contributed by atoms with Crippen molar-refractivity contribution in [2.45, 2.75) is 6.10 Å². The average molecular weight is 220 g/mol. The van der Waals surface area contributed by atoms with E-state index in [1.165, 1.54) is 0 Å². The number of aliphatic hydroxyl groups excluding tert-OH is 1. The van der Waals surface area contributed by atoms with E-state index in [1.54, 1.807) is 7.11 Å². The summed E-state index contributed by atoms with van der Waals surface area (Å²) in [5.41, 5.74) is 7.37. The number of aromatic nitrogens is 1. The van der Waals surface area contributed by atoms with Crippen LogP contribution in [0.15, 0.2) is 24.4 Å². The molecule has 1 heterocycles. The monoisotopic (exact) mass is 220 g/mol. The van der Waals surface area contributed by atoms with E-state index >= 15 is 0 Å². The number of nitrogens with two attached hydrogens (primary N) is 1. The Morgan fingerprint density at radius 3 is 2.88 bits per heavy atom. The van der Waals surface area contributed by atoms with E-state index in [4.69, 9.17) is 10.5 Å². The molecule has 0 aliphatic rings. The van der Waals surface area contributed by atoms with E-state index in [-0.39, 0.29) is 6.54 Å². The zero-order valence-electron chi connectivity index (χ0n) is 9.47. The molecule has 2 rings (SSSR count). The summed E-state index contributed by atoms with van der Waals surface area (Å²) in [6.45, 7) is 0.227. The minimum Gasteiger partial charge on any atom is -0.497 e. The molecule has 86 valence electrons. The van der Waals surface area contributed by atoms with Crippen LogP contribution in [0.3, 0.4) is 0 Å². The van der Waals surface area contributed by atoms with E-state index in [0.717, 1.165) is 22.2 Å². The lowest BCUT2D eigenvalue weighted by Gasteiger charge is -2.05. The third-order valence-electron chi connectivity index (χ3n) is 2.81. The van der Waals surface area contributed by atoms with Gasteiger partial charge >= 0.3 is 0 Å². The molecule has 0 amide bonds. The first-order valence-corrected chi connectivity index (χ1v) is 5.18. The van der Waals surface area contributed by atoms with E-state index in [2.05, 4.69) is 0 Å². The number of aliphatic hydroxyl groups is 1. The summed E-state index contributed by atoms with van der Waals surface area (Å²) in [7, 11) is 3.58. The second-order valence-electron chi connectivity index (χ2n) is 3.83. The molecule has 1 unspecified atom stereocenters. The smallest absolute Gasteiger partial charge is 0.120 e. The zero-order valence-corrected chi connectivity index (χ0v) is 9.47. The molecule has 0 saturated carbocycles. The van der Waals surface area contributed by atoms with Crippen molar-refractivity contribution in [3.8, 4) is 5.75 Å². The van der Waals surface area contributed by atoms with Crippen LogP contribution in [0.1, 0.15) is 11.7 Å². The number of rotatable bonds is 3. The van der Waals surface area contributed by atoms with Gasteiger partial charge in [0.25, 0.3) is 0 Å². The number of hydrogen-bond donors (Lipinski definition) is 2. The summed E-state index contributed by atoms with van der Waals surface area (Å²) in [5, 5.41) is 10.8. The van der Waals surface area contributed by atoms with Crippen LogP contribution in [-0.4, -0.2) is 23.3 Å². The minimum absolute atomic E-state index is 0.227. The van der Waals surface area contributed by atoms with Gasteiger partial charge in [0.1, 0.15) is 5.75 Å². The molecule has 0 aliphatic heterocycles. The largest absolute Gasteiger partial charge is 0.497 e. The molecule has 1 aromatic heterocycles. The van der Waals surface area contributed by atoms with Crippen LogP contribution in [0, 0.1) is 0 Å². The molecule has 0 spiro atoms. The van der Waals surface area contributed by atoms with Gasteiger partial charge in [-0.15, -0.1) is 0 Å². The van der Waals surface area contributed by atoms with Gasteiger partial charge in [0, 0.05) is 36.8 Å². The molecule has 2 aromatic rings. The number of ether oxygens (including phenoxy) is 1. The molecule has 0 fully saturated rings. The Morgan fingerprint density at radius 1 is 1.50 bits per heavy atom. The maximum Gasteiger partial charge on any atom is 0.120 e. The summed E-state index contributed by atoms with van der Waals surface area (Å²) < 4.78 is 7.14. The highest BCUT2D eigenvalue weighted by molar-refractivity contribution is 5.85. The maximum atomic E-state index is 9.80. The molecule has 1 atom stereocenters. The van der Waals surface area contributed by atoms with Gasteiger partial charge in [-0.2, -0.15) is 0 Å². The quantitative estimate of drug-likeness (QED) is 0.816. The molecule has 4 heteroatoms. The van der Waals surface area contributed by atoms with Crippen molar-refractivity contribution in [3.05, 3.63) is 30.0 Å². The maximum absolute atomic E-state index is 9.80. The third kappa shape index (κ3) is 1.66. The molecule has 0 bridgehead atoms. The van der Waals surface area contributed by atoms with Gasteiger partial charge in [-0.05, 0) is 12.1 Å². The van der Waals surface area contributed by atoms with Crippen molar-refractivity contribution >= 4 is 10.9 Å². The third-order valence-corrected chi connectivity index (χ3v) is 2.81. The summed E-state index contributed by atoms with van der Waals surface area (Å²) in [5.74, 6) is 0.808. The van der Waals surface area contributed by atoms with Crippen molar-refractivity contribution in [2.24, 2.45) is 12.8 Å². The van der Waals surface area contributed by atoms with Gasteiger partial charge in [0.2, 0.25) is 0 Å². The van der Waals surface area contributed by atoms with Gasteiger partial charge in [-0.25, -0.2) is 0 Å². The lowest BCUT2D eigenvalue weighted by molar-refractivity contribution is 0.188. The first kappa shape index (κ1) is 11.0. The summed E-state index contributed by atoms with van der Waals surface area (Å²) in [6.07, 6.45) is 1.29. The first-order chi connectivity index (χ1) is 7.67. The van der Waals surface area contributed by atoms with Crippen LogP contribution in [0.4, 0.5) is 0 Å². The molecular weight excluding hydrogens is 204 g/mol. The van der Waals surface area contributed by atoms with Crippen molar-refractivity contribution in [2.75, 3.05) is 13.7 Å². The van der Waals surface area contributed by atoms with Crippen LogP contribution >= 0.6 is 0 Å². The van der Waals surface area contributed by atoms with Gasteiger partial charge in [-0.1, -0.05) is 0 Å². The van der Waals surface area contributed by atoms with Crippen molar-refractivity contribution < 1.29 is 9.84 Å². The van der Waals surface area contributed by atoms with E-state index < -0.39 is 6.10 Å². The highest BCUT2D eigenvalue weighted by atomic mass is 16.5. The van der Waals surface area contributed by atoms with Crippen molar-refractivity contribution in [3.63, 3.8) is 0 Å². The standard InChI is InChI=1S/C12H16N2O2/c1-14-7-10(12(15)6-13)9-4-3-8(16-2)5-11(9)14/h3-5,7,12,15H,6,13H2,1-2H3. The lowest BCUT2D eigenvalue weighted by Crippen LogP contribution is -2.10. The van der Waals surface area contributed by atoms with Crippen LogP contribution in [0.2, 0.25) is 0 Å². The second-order valence-corrected chi connectivity index (χ2v) is 3.83. The molecule has 16 heavy (non-hydrogen) atoms. The number of benzene rings is 1. The molecular formula is C12H16N2O2. The second kappa shape index (κ2) is 4.15. The minimum atomic E-state index is -0.614. The number of methoxy groups -OCH3 is 1. The predicted molar refractivity (Wildman–Crippen MR) is 63.5 cm³/mol. The normalized spacial score (nSPS) is 13.0. The number of hydrogen-bond acceptors (Lipinski definition) is 3. The predicted octanol–water partition coefficient (Wildman–Crippen LogP) is 1.18. The molecule has 3 N–H and O–H groups in total. The Labute approximate surface area is 94.2 Å². The van der Waals surface area contributed by atoms with E-state index in [9.17, 15) is 5.11 Å². The highest BCUT2D eigenvalue weighted by Crippen LogP contribution is 2.28. The van der Waals surface area contributed by atoms with Gasteiger partial charge < -0.3 is 20.1 Å². The highest BCUT2D eigenvalue weighted by Gasteiger charge is 2.13. The van der Waals surface area contributed by atoms with E-state index in [0.29, 0.717) is 0 Å². The van der Waals surface area contributed by atoms with Crippen LogP contribution in [-0.2, 0) is 7.05 Å². The Bertz CT molecular complexity index is 505. The van der Waals surface area contributed by atoms with Crippen LogP contribution < -0.4 is 10.5 Å². The zero-order chi connectivity index (χ0) is 11.7. The molecule has 4 nitrogen and oxygen atoms in total. The Morgan fingerprint density at radius 2 is 2.25 bits per heavy atom. The Balaban J connectivity index is 2.62. The fraction of sp³-hybridized carbons (Fsp3) is 0.333. The van der Waals surface area contributed by atoms with E-state index in [1.807, 2.05) is 36.0 Å². The number of nitrogens with zero attached hydrogens (tertiary/aromatic N) is 1. The summed E-state index contributed by atoms with van der Waals surface area (Å²) in [4.78, 5) is 0. The first-order valence-electron chi connectivity index (χ1n) is 5.18. The number of aryl methyl sites for hydroxylation is 1. The molecule has 0 radical (unpaired) electrons. The summed E-state index contributed by atoms with van der Waals surface area (Å²) in [6, 6.07) is 5.78. The number of fused-ring (bicyclic) bond motifs is 1. The average Bonchev–Trinajstić information content (AvgIpc) is 2.65. The Hall–Kier alpha value is -1.52. The van der Waals surface area contributed by atoms with Gasteiger partial charge in [0.15, 0.2) is 0 Å². The topological polar surface area (TPSA) is 60.4 Å². The molecule has 0 aliphatic carbocycles. The SMILES string of the molecule is COc1ccc2c(C(O)CN)cn(C)c2c1. The summed E-state index contributed by atoms with van der Waals surface area (Å²) >= 11 is 0. The van der Waals surface area contributed by atoms with Crippen molar-refractivity contribution in [1.29, 1.82) is 0 Å². The fourth-order valence-electron chi connectivity index (χ4n) is 1.91.